The van der Waals surface area contributed by atoms with Crippen molar-refractivity contribution < 1.29 is 18.7 Å². The second-order valence-electron chi connectivity index (χ2n) is 7.38. The zero-order valence-corrected chi connectivity index (χ0v) is 17.9. The third kappa shape index (κ3) is 3.94. The van der Waals surface area contributed by atoms with Crippen LogP contribution in [0.15, 0.2) is 63.9 Å². The molecular formula is C24H18ClFN2O4. The highest BCUT2D eigenvalue weighted by molar-refractivity contribution is 6.31. The van der Waals surface area contributed by atoms with E-state index in [-0.39, 0.29) is 16.1 Å². The number of aryl methyl sites for hydroxylation is 1. The van der Waals surface area contributed by atoms with Gasteiger partial charge in [-0.15, -0.1) is 0 Å². The van der Waals surface area contributed by atoms with Crippen LogP contribution in [0.2, 0.25) is 5.02 Å². The summed E-state index contributed by atoms with van der Waals surface area (Å²) in [6.07, 6.45) is 1.60. The van der Waals surface area contributed by atoms with Crippen LogP contribution in [0.25, 0.3) is 22.4 Å². The molecule has 8 heteroatoms. The number of carboxylic acids is 1. The molecule has 0 unspecified atom stereocenters. The van der Waals surface area contributed by atoms with Gasteiger partial charge in [0.25, 0.3) is 0 Å². The number of carboxylic acid groups (broad SMARTS) is 1. The summed E-state index contributed by atoms with van der Waals surface area (Å²) < 4.78 is 20.4. The molecule has 0 radical (unpaired) electrons. The van der Waals surface area contributed by atoms with Crippen molar-refractivity contribution in [2.75, 3.05) is 5.32 Å². The number of halogens is 2. The van der Waals surface area contributed by atoms with Gasteiger partial charge in [-0.05, 0) is 49.7 Å². The van der Waals surface area contributed by atoms with Crippen LogP contribution in [0.4, 0.5) is 10.1 Å². The molecule has 2 aromatic carbocycles. The topological polar surface area (TPSA) is 92.4 Å². The number of pyridine rings is 1. The molecule has 0 bridgehead atoms. The minimum Gasteiger partial charge on any atom is -0.478 e. The van der Waals surface area contributed by atoms with Crippen LogP contribution in [0.1, 0.15) is 34.5 Å². The summed E-state index contributed by atoms with van der Waals surface area (Å²) in [6.45, 7) is 3.60. The zero-order valence-electron chi connectivity index (χ0n) is 17.1. The van der Waals surface area contributed by atoms with Crippen molar-refractivity contribution in [1.82, 2.24) is 4.98 Å². The van der Waals surface area contributed by atoms with E-state index in [9.17, 15) is 19.1 Å². The van der Waals surface area contributed by atoms with Gasteiger partial charge in [-0.25, -0.2) is 9.18 Å². The van der Waals surface area contributed by atoms with E-state index >= 15 is 0 Å². The summed E-state index contributed by atoms with van der Waals surface area (Å²) in [5.74, 6) is -2.16. The third-order valence-corrected chi connectivity index (χ3v) is 5.36. The Balaban J connectivity index is 1.86. The minimum absolute atomic E-state index is 0.0600. The lowest BCUT2D eigenvalue weighted by atomic mass is 10.0. The number of fused-ring (bicyclic) bond motifs is 1. The first-order valence-electron chi connectivity index (χ1n) is 9.74. The van der Waals surface area contributed by atoms with Crippen LogP contribution in [-0.2, 0) is 0 Å². The molecule has 4 rings (SSSR count). The van der Waals surface area contributed by atoms with E-state index in [0.717, 1.165) is 5.56 Å². The smallest absolute Gasteiger partial charge is 0.340 e. The Labute approximate surface area is 187 Å². The highest BCUT2D eigenvalue weighted by atomic mass is 35.5. The molecule has 0 aliphatic carbocycles. The SMILES string of the molecule is Cc1cc([C@@H](C)Nc2ccc(Cl)c(F)c2C(=O)O)c2oc(-c3ccccn3)cc(=O)c2c1. The van der Waals surface area contributed by atoms with Crippen LogP contribution in [0, 0.1) is 12.7 Å². The van der Waals surface area contributed by atoms with Crippen molar-refractivity contribution in [2.45, 2.75) is 19.9 Å². The summed E-state index contributed by atoms with van der Waals surface area (Å²) >= 11 is 5.75. The molecule has 0 saturated heterocycles. The van der Waals surface area contributed by atoms with Crippen LogP contribution >= 0.6 is 11.6 Å². The molecule has 0 spiro atoms. The second-order valence-corrected chi connectivity index (χ2v) is 7.78. The van der Waals surface area contributed by atoms with E-state index < -0.39 is 23.4 Å². The first kappa shape index (κ1) is 21.5. The standard InChI is InChI=1S/C24H18ClFN2O4/c1-12-9-14(13(2)28-18-7-6-16(25)22(26)21(18)24(30)31)23-15(10-12)19(29)11-20(32-23)17-5-3-4-8-27-17/h3-11,13,28H,1-2H3,(H,30,31)/t13-/m1/s1. The first-order valence-corrected chi connectivity index (χ1v) is 10.1. The molecule has 2 aromatic heterocycles. The van der Waals surface area contributed by atoms with E-state index in [2.05, 4.69) is 10.3 Å². The van der Waals surface area contributed by atoms with Crippen molar-refractivity contribution in [2.24, 2.45) is 0 Å². The lowest BCUT2D eigenvalue weighted by Gasteiger charge is -2.20. The number of nitrogens with zero attached hydrogens (tertiary/aromatic N) is 1. The van der Waals surface area contributed by atoms with Gasteiger partial charge >= 0.3 is 5.97 Å². The number of aromatic nitrogens is 1. The Morgan fingerprint density at radius 1 is 1.22 bits per heavy atom. The zero-order chi connectivity index (χ0) is 23.0. The van der Waals surface area contributed by atoms with Gasteiger partial charge in [0.15, 0.2) is 17.0 Å². The molecule has 0 aliphatic rings. The highest BCUT2D eigenvalue weighted by Gasteiger charge is 2.22. The van der Waals surface area contributed by atoms with Gasteiger partial charge in [0.1, 0.15) is 16.8 Å². The average Bonchev–Trinajstić information content (AvgIpc) is 2.76. The number of rotatable bonds is 5. The van der Waals surface area contributed by atoms with Crippen molar-refractivity contribution in [3.63, 3.8) is 0 Å². The molecule has 0 saturated carbocycles. The van der Waals surface area contributed by atoms with E-state index in [4.69, 9.17) is 16.0 Å². The quantitative estimate of drug-likeness (QED) is 0.396. The minimum atomic E-state index is -1.45. The molecule has 2 heterocycles. The van der Waals surface area contributed by atoms with E-state index in [1.54, 1.807) is 37.4 Å². The fourth-order valence-corrected chi connectivity index (χ4v) is 3.74. The normalized spacial score (nSPS) is 12.0. The highest BCUT2D eigenvalue weighted by Crippen LogP contribution is 2.32. The maximum Gasteiger partial charge on any atom is 0.340 e. The number of benzene rings is 2. The Morgan fingerprint density at radius 3 is 2.69 bits per heavy atom. The number of hydrogen-bond acceptors (Lipinski definition) is 5. The Bertz CT molecular complexity index is 1400. The van der Waals surface area contributed by atoms with Crippen LogP contribution < -0.4 is 10.7 Å². The van der Waals surface area contributed by atoms with Crippen molar-refractivity contribution in [3.8, 4) is 11.5 Å². The number of carbonyl (C=O) groups is 1. The number of hydrogen-bond donors (Lipinski definition) is 2. The largest absolute Gasteiger partial charge is 0.478 e. The average molecular weight is 453 g/mol. The van der Waals surface area contributed by atoms with Crippen LogP contribution in [-0.4, -0.2) is 16.1 Å². The molecule has 162 valence electrons. The molecule has 0 amide bonds. The number of nitrogens with one attached hydrogen (secondary N) is 1. The lowest BCUT2D eigenvalue weighted by molar-refractivity contribution is 0.0693. The molecule has 6 nitrogen and oxygen atoms in total. The van der Waals surface area contributed by atoms with Gasteiger partial charge in [-0.2, -0.15) is 0 Å². The van der Waals surface area contributed by atoms with Gasteiger partial charge in [-0.3, -0.25) is 9.78 Å². The lowest BCUT2D eigenvalue weighted by Crippen LogP contribution is -2.14. The van der Waals surface area contributed by atoms with E-state index in [0.29, 0.717) is 28.0 Å². The Hall–Kier alpha value is -3.71. The van der Waals surface area contributed by atoms with E-state index in [1.165, 1.54) is 18.2 Å². The van der Waals surface area contributed by atoms with Gasteiger partial charge in [0.05, 0.1) is 22.1 Å². The summed E-state index contributed by atoms with van der Waals surface area (Å²) in [6, 6.07) is 12.4. The fraction of sp³-hybridized carbons (Fsp3) is 0.125. The second kappa shape index (κ2) is 8.43. The van der Waals surface area contributed by atoms with Crippen molar-refractivity contribution in [1.29, 1.82) is 0 Å². The van der Waals surface area contributed by atoms with E-state index in [1.807, 2.05) is 13.0 Å². The molecule has 1 atom stereocenters. The molecule has 2 N–H and O–H groups in total. The molecular weight excluding hydrogens is 435 g/mol. The van der Waals surface area contributed by atoms with Gasteiger partial charge in [0.2, 0.25) is 0 Å². The van der Waals surface area contributed by atoms with Crippen molar-refractivity contribution in [3.05, 3.63) is 92.5 Å². The Kier molecular flexibility index (Phi) is 5.67. The summed E-state index contributed by atoms with van der Waals surface area (Å²) in [7, 11) is 0. The summed E-state index contributed by atoms with van der Waals surface area (Å²) in [5, 5.41) is 12.6. The molecule has 0 fully saturated rings. The fourth-order valence-electron chi connectivity index (χ4n) is 3.58. The Morgan fingerprint density at radius 2 is 2.00 bits per heavy atom. The predicted molar refractivity (Wildman–Crippen MR) is 121 cm³/mol. The maximum atomic E-state index is 14.4. The van der Waals surface area contributed by atoms with Crippen molar-refractivity contribution >= 4 is 34.2 Å². The predicted octanol–water partition coefficient (Wildman–Crippen LogP) is 5.83. The summed E-state index contributed by atoms with van der Waals surface area (Å²) in [5.41, 5.74) is 1.55. The van der Waals surface area contributed by atoms with Gasteiger partial charge in [0, 0.05) is 17.8 Å². The number of aromatic carboxylic acids is 1. The first-order chi connectivity index (χ1) is 15.3. The van der Waals surface area contributed by atoms with Crippen LogP contribution in [0.3, 0.4) is 0 Å². The maximum absolute atomic E-state index is 14.4. The monoisotopic (exact) mass is 452 g/mol. The molecule has 32 heavy (non-hydrogen) atoms. The number of anilines is 1. The van der Waals surface area contributed by atoms with Crippen LogP contribution in [0.5, 0.6) is 0 Å². The van der Waals surface area contributed by atoms with Gasteiger partial charge in [-0.1, -0.05) is 23.7 Å². The third-order valence-electron chi connectivity index (χ3n) is 5.07. The molecule has 0 aliphatic heterocycles. The summed E-state index contributed by atoms with van der Waals surface area (Å²) in [4.78, 5) is 28.7. The van der Waals surface area contributed by atoms with Gasteiger partial charge < -0.3 is 14.8 Å². The molecule has 4 aromatic rings.